The van der Waals surface area contributed by atoms with Gasteiger partial charge in [-0.3, -0.25) is 0 Å². The van der Waals surface area contributed by atoms with Crippen molar-refractivity contribution in [2.24, 2.45) is 0 Å². The molecule has 9 aromatic carbocycles. The summed E-state index contributed by atoms with van der Waals surface area (Å²) < 4.78 is 0. The van der Waals surface area contributed by atoms with Gasteiger partial charge in [-0.1, -0.05) is 166 Å². The molecule has 0 unspecified atom stereocenters. The van der Waals surface area contributed by atoms with Gasteiger partial charge in [0, 0.05) is 39.4 Å². The van der Waals surface area contributed by atoms with Crippen LogP contribution in [0.4, 0.5) is 34.1 Å². The van der Waals surface area contributed by atoms with Gasteiger partial charge in [-0.05, 0) is 116 Å². The second kappa shape index (κ2) is 14.2. The lowest BCUT2D eigenvalue weighted by molar-refractivity contribution is 0.660. The van der Waals surface area contributed by atoms with Crippen molar-refractivity contribution in [2.75, 3.05) is 9.80 Å². The minimum Gasteiger partial charge on any atom is -0.310 e. The van der Waals surface area contributed by atoms with E-state index in [1.807, 2.05) is 0 Å². The molecule has 57 heavy (non-hydrogen) atoms. The molecule has 1 aliphatic rings. The lowest BCUT2D eigenvalue weighted by Gasteiger charge is -2.31. The smallest absolute Gasteiger partial charge is 0.0546 e. The normalized spacial score (nSPS) is 12.5. The summed E-state index contributed by atoms with van der Waals surface area (Å²) in [5.74, 6) is 0. The van der Waals surface area contributed by atoms with Crippen LogP contribution < -0.4 is 9.80 Å². The number of anilines is 6. The average molecular weight is 731 g/mol. The molecule has 0 fully saturated rings. The van der Waals surface area contributed by atoms with Gasteiger partial charge in [-0.15, -0.1) is 0 Å². The van der Waals surface area contributed by atoms with Crippen molar-refractivity contribution in [3.63, 3.8) is 0 Å². The van der Waals surface area contributed by atoms with E-state index in [1.165, 1.54) is 55.3 Å². The van der Waals surface area contributed by atoms with Crippen LogP contribution in [-0.2, 0) is 5.41 Å². The van der Waals surface area contributed by atoms with E-state index < -0.39 is 0 Å². The van der Waals surface area contributed by atoms with E-state index in [-0.39, 0.29) is 5.41 Å². The minimum absolute atomic E-state index is 0.0962. The van der Waals surface area contributed by atoms with Gasteiger partial charge in [0.1, 0.15) is 0 Å². The van der Waals surface area contributed by atoms with E-state index in [0.29, 0.717) is 0 Å². The number of nitrogens with zero attached hydrogens (tertiary/aromatic N) is 2. The van der Waals surface area contributed by atoms with Crippen LogP contribution in [0.5, 0.6) is 0 Å². The van der Waals surface area contributed by atoms with E-state index in [4.69, 9.17) is 0 Å². The number of benzene rings is 9. The summed E-state index contributed by atoms with van der Waals surface area (Å²) in [6, 6.07) is 79.3. The Kier molecular flexibility index (Phi) is 8.53. The first-order valence-corrected chi connectivity index (χ1v) is 19.8. The predicted molar refractivity (Wildman–Crippen MR) is 242 cm³/mol. The Morgan fingerprint density at radius 2 is 0.825 bits per heavy atom. The van der Waals surface area contributed by atoms with Crippen molar-refractivity contribution in [3.8, 4) is 33.4 Å². The average Bonchev–Trinajstić information content (AvgIpc) is 3.50. The molecule has 2 nitrogen and oxygen atoms in total. The van der Waals surface area contributed by atoms with Crippen LogP contribution in [0.25, 0.3) is 44.2 Å². The summed E-state index contributed by atoms with van der Waals surface area (Å²) >= 11 is 0. The van der Waals surface area contributed by atoms with E-state index in [0.717, 1.165) is 34.1 Å². The van der Waals surface area contributed by atoms with Crippen molar-refractivity contribution in [1.82, 2.24) is 0 Å². The standard InChI is InChI=1S/C55H42N2/c1-55(2)51-25-15-14-24-49(51)50-36-35-47(38-52(50)55)56(43-21-10-5-11-22-43)44-31-33-46(34-32-44)57(45-29-26-40(27-30-45)39-16-6-3-7-17-39)53-37-28-41-18-12-13-23-48(41)54(53)42-19-8-4-9-20-42/h3-38H,1-2H3. The highest BCUT2D eigenvalue weighted by Crippen LogP contribution is 2.51. The molecule has 0 N–H and O–H groups in total. The highest BCUT2D eigenvalue weighted by Gasteiger charge is 2.35. The zero-order chi connectivity index (χ0) is 38.3. The molecule has 0 aromatic heterocycles. The fraction of sp³-hybridized carbons (Fsp3) is 0.0545. The second-order valence-corrected chi connectivity index (χ2v) is 15.4. The van der Waals surface area contributed by atoms with Crippen molar-refractivity contribution >= 4 is 44.9 Å². The van der Waals surface area contributed by atoms with E-state index in [9.17, 15) is 0 Å². The van der Waals surface area contributed by atoms with Crippen molar-refractivity contribution < 1.29 is 0 Å². The number of fused-ring (bicyclic) bond motifs is 4. The van der Waals surface area contributed by atoms with Crippen LogP contribution in [0.3, 0.4) is 0 Å². The van der Waals surface area contributed by atoms with Gasteiger partial charge in [0.15, 0.2) is 0 Å². The highest BCUT2D eigenvalue weighted by atomic mass is 15.2. The molecule has 0 spiro atoms. The lowest BCUT2D eigenvalue weighted by atomic mass is 9.82. The summed E-state index contributed by atoms with van der Waals surface area (Å²) in [4.78, 5) is 4.79. The van der Waals surface area contributed by atoms with Crippen LogP contribution in [0.2, 0.25) is 0 Å². The van der Waals surface area contributed by atoms with Gasteiger partial charge in [-0.25, -0.2) is 0 Å². The largest absolute Gasteiger partial charge is 0.310 e. The SMILES string of the molecule is CC1(C)c2ccccc2-c2ccc(N(c3ccccc3)c3ccc(N(c4ccc(-c5ccccc5)cc4)c4ccc5ccccc5c4-c4ccccc4)cc3)cc21. The maximum absolute atomic E-state index is 2.41. The molecule has 2 heteroatoms. The molecule has 0 aliphatic heterocycles. The van der Waals surface area contributed by atoms with Crippen LogP contribution in [-0.4, -0.2) is 0 Å². The molecule has 272 valence electrons. The van der Waals surface area contributed by atoms with Gasteiger partial charge in [-0.2, -0.15) is 0 Å². The number of para-hydroxylation sites is 1. The van der Waals surface area contributed by atoms with Crippen LogP contribution >= 0.6 is 0 Å². The van der Waals surface area contributed by atoms with Crippen LogP contribution in [0, 0.1) is 0 Å². The monoisotopic (exact) mass is 730 g/mol. The Labute approximate surface area is 335 Å². The first-order chi connectivity index (χ1) is 28.0. The molecule has 0 radical (unpaired) electrons. The predicted octanol–water partition coefficient (Wildman–Crippen LogP) is 15.4. The van der Waals surface area contributed by atoms with Gasteiger partial charge >= 0.3 is 0 Å². The van der Waals surface area contributed by atoms with Crippen molar-refractivity contribution in [2.45, 2.75) is 19.3 Å². The molecule has 0 saturated heterocycles. The quantitative estimate of drug-likeness (QED) is 0.154. The fourth-order valence-corrected chi connectivity index (χ4v) is 8.82. The topological polar surface area (TPSA) is 6.48 Å². The molecule has 10 rings (SSSR count). The highest BCUT2D eigenvalue weighted by molar-refractivity contribution is 6.05. The Morgan fingerprint density at radius 1 is 0.333 bits per heavy atom. The number of hydrogen-bond donors (Lipinski definition) is 0. The number of rotatable bonds is 8. The summed E-state index contributed by atoms with van der Waals surface area (Å²) in [7, 11) is 0. The molecule has 0 atom stereocenters. The summed E-state index contributed by atoms with van der Waals surface area (Å²) in [6.45, 7) is 4.70. The Balaban J connectivity index is 1.12. The molecule has 0 saturated carbocycles. The summed E-state index contributed by atoms with van der Waals surface area (Å²) in [5, 5.41) is 2.44. The first kappa shape index (κ1) is 34.3. The fourth-order valence-electron chi connectivity index (χ4n) is 8.82. The van der Waals surface area contributed by atoms with Crippen molar-refractivity contribution in [3.05, 3.63) is 230 Å². The third-order valence-electron chi connectivity index (χ3n) is 11.6. The van der Waals surface area contributed by atoms with Gasteiger partial charge in [0.25, 0.3) is 0 Å². The lowest BCUT2D eigenvalue weighted by Crippen LogP contribution is -2.16. The molecular weight excluding hydrogens is 689 g/mol. The molecule has 0 heterocycles. The minimum atomic E-state index is -0.0962. The molecule has 9 aromatic rings. The maximum atomic E-state index is 2.41. The Bertz CT molecular complexity index is 2840. The zero-order valence-electron chi connectivity index (χ0n) is 32.2. The third kappa shape index (κ3) is 6.07. The molecule has 0 amide bonds. The third-order valence-corrected chi connectivity index (χ3v) is 11.6. The van der Waals surface area contributed by atoms with E-state index in [1.54, 1.807) is 0 Å². The first-order valence-electron chi connectivity index (χ1n) is 19.8. The molecule has 1 aliphatic carbocycles. The van der Waals surface area contributed by atoms with Gasteiger partial charge in [0.05, 0.1) is 5.69 Å². The summed E-state index contributed by atoms with van der Waals surface area (Å²) in [6.07, 6.45) is 0. The van der Waals surface area contributed by atoms with E-state index in [2.05, 4.69) is 242 Å². The summed E-state index contributed by atoms with van der Waals surface area (Å²) in [5.41, 5.74) is 16.7. The zero-order valence-corrected chi connectivity index (χ0v) is 32.2. The Hall–Kier alpha value is -7.16. The second-order valence-electron chi connectivity index (χ2n) is 15.4. The molecule has 0 bridgehead atoms. The van der Waals surface area contributed by atoms with E-state index >= 15 is 0 Å². The number of hydrogen-bond acceptors (Lipinski definition) is 2. The van der Waals surface area contributed by atoms with Crippen LogP contribution in [0.15, 0.2) is 218 Å². The van der Waals surface area contributed by atoms with Gasteiger partial charge in [0.2, 0.25) is 0 Å². The van der Waals surface area contributed by atoms with Gasteiger partial charge < -0.3 is 9.80 Å². The maximum Gasteiger partial charge on any atom is 0.0546 e. The molecular formula is C55H42N2. The Morgan fingerprint density at radius 3 is 1.53 bits per heavy atom. The van der Waals surface area contributed by atoms with Crippen LogP contribution in [0.1, 0.15) is 25.0 Å². The van der Waals surface area contributed by atoms with Crippen molar-refractivity contribution in [1.29, 1.82) is 0 Å².